The maximum Gasteiger partial charge on any atom is 0.327 e. The summed E-state index contributed by atoms with van der Waals surface area (Å²) in [6.45, 7) is 1.44. The number of piperidine rings is 1. The fourth-order valence-corrected chi connectivity index (χ4v) is 4.43. The summed E-state index contributed by atoms with van der Waals surface area (Å²) < 4.78 is 26.8. The standard InChI is InChI=1S/C24H26N2O9/c1-31-19-13-16(20(26(29)30)23(33-3)22(19)32-2)24(28)25-8-6-14(7-9-25)21(27)15-4-5-17-18(12-15)35-11-10-34-17/h4-5,12-14H,6-11H2,1-3H3. The van der Waals surface area contributed by atoms with Gasteiger partial charge in [-0.15, -0.1) is 0 Å². The number of fused-ring (bicyclic) bond motifs is 1. The SMILES string of the molecule is COc1cc(C(=O)N2CCC(C(=O)c3ccc4c(c3)OCCO4)CC2)c([N+](=O)[O-])c(OC)c1OC. The normalized spacial score (nSPS) is 15.3. The largest absolute Gasteiger partial charge is 0.493 e. The van der Waals surface area contributed by atoms with Crippen LogP contribution in [0.4, 0.5) is 5.69 Å². The third kappa shape index (κ3) is 4.53. The number of benzene rings is 2. The Bertz CT molecular complexity index is 1160. The molecule has 0 N–H and O–H groups in total. The number of Topliss-reactive ketones (excluding diaryl/α,β-unsaturated/α-hetero) is 1. The minimum absolute atomic E-state index is 0.0296. The lowest BCUT2D eigenvalue weighted by molar-refractivity contribution is -0.386. The molecule has 2 heterocycles. The zero-order valence-electron chi connectivity index (χ0n) is 19.7. The number of amides is 1. The zero-order valence-corrected chi connectivity index (χ0v) is 19.7. The van der Waals surface area contributed by atoms with Gasteiger partial charge in [-0.2, -0.15) is 0 Å². The van der Waals surface area contributed by atoms with E-state index in [0.717, 1.165) is 0 Å². The van der Waals surface area contributed by atoms with Crippen LogP contribution in [0.25, 0.3) is 0 Å². The fourth-order valence-electron chi connectivity index (χ4n) is 4.43. The van der Waals surface area contributed by atoms with E-state index in [0.29, 0.717) is 43.1 Å². The highest BCUT2D eigenvalue weighted by Crippen LogP contribution is 2.46. The van der Waals surface area contributed by atoms with Crippen LogP contribution >= 0.6 is 0 Å². The predicted molar refractivity (Wildman–Crippen MR) is 123 cm³/mol. The van der Waals surface area contributed by atoms with Crippen LogP contribution in [-0.2, 0) is 0 Å². The van der Waals surface area contributed by atoms with Crippen LogP contribution in [0.3, 0.4) is 0 Å². The van der Waals surface area contributed by atoms with Crippen LogP contribution < -0.4 is 23.7 Å². The maximum atomic E-state index is 13.3. The number of methoxy groups -OCH3 is 3. The first-order valence-electron chi connectivity index (χ1n) is 11.1. The number of rotatable bonds is 7. The van der Waals surface area contributed by atoms with E-state index in [-0.39, 0.29) is 47.6 Å². The summed E-state index contributed by atoms with van der Waals surface area (Å²) in [4.78, 5) is 39.1. The first kappa shape index (κ1) is 24.1. The third-order valence-corrected chi connectivity index (χ3v) is 6.20. The lowest BCUT2D eigenvalue weighted by Gasteiger charge is -2.31. The Kier molecular flexibility index (Phi) is 6.94. The summed E-state index contributed by atoms with van der Waals surface area (Å²) in [5, 5.41) is 11.9. The number of likely N-dealkylation sites (tertiary alicyclic amines) is 1. The van der Waals surface area contributed by atoms with Gasteiger partial charge in [0, 0.05) is 30.6 Å². The Morgan fingerprint density at radius 1 is 0.971 bits per heavy atom. The van der Waals surface area contributed by atoms with Gasteiger partial charge in [0.2, 0.25) is 11.5 Å². The van der Waals surface area contributed by atoms with Crippen LogP contribution in [-0.4, -0.2) is 69.1 Å². The smallest absolute Gasteiger partial charge is 0.327 e. The molecule has 11 heteroatoms. The molecule has 0 radical (unpaired) electrons. The van der Waals surface area contributed by atoms with Crippen molar-refractivity contribution in [1.82, 2.24) is 4.90 Å². The second-order valence-electron chi connectivity index (χ2n) is 8.09. The number of nitro groups is 1. The summed E-state index contributed by atoms with van der Waals surface area (Å²) in [5.41, 5.74) is -0.134. The van der Waals surface area contributed by atoms with Crippen molar-refractivity contribution in [3.8, 4) is 28.7 Å². The molecule has 2 aromatic rings. The van der Waals surface area contributed by atoms with Gasteiger partial charge in [0.25, 0.3) is 5.91 Å². The molecule has 2 aromatic carbocycles. The Morgan fingerprint density at radius 3 is 2.23 bits per heavy atom. The number of nitrogens with zero attached hydrogens (tertiary/aromatic N) is 2. The first-order chi connectivity index (χ1) is 16.9. The molecular formula is C24H26N2O9. The highest BCUT2D eigenvalue weighted by atomic mass is 16.6. The molecule has 35 heavy (non-hydrogen) atoms. The molecule has 2 aliphatic heterocycles. The highest BCUT2D eigenvalue weighted by molar-refractivity contribution is 6.01. The van der Waals surface area contributed by atoms with Gasteiger partial charge in [0.1, 0.15) is 18.8 Å². The van der Waals surface area contributed by atoms with Gasteiger partial charge >= 0.3 is 5.69 Å². The Labute approximate surface area is 201 Å². The third-order valence-electron chi connectivity index (χ3n) is 6.20. The Hall–Kier alpha value is -4.02. The monoisotopic (exact) mass is 486 g/mol. The average Bonchev–Trinajstić information content (AvgIpc) is 2.90. The number of ketones is 1. The van der Waals surface area contributed by atoms with Gasteiger partial charge in [0.15, 0.2) is 23.0 Å². The molecule has 1 saturated heterocycles. The number of hydrogen-bond donors (Lipinski definition) is 0. The number of nitro benzene ring substituents is 1. The molecule has 0 atom stereocenters. The van der Waals surface area contributed by atoms with E-state index in [1.807, 2.05) is 0 Å². The second kappa shape index (κ2) is 10.1. The Morgan fingerprint density at radius 2 is 1.63 bits per heavy atom. The van der Waals surface area contributed by atoms with Crippen LogP contribution in [0.1, 0.15) is 33.6 Å². The molecule has 0 saturated carbocycles. The number of hydrogen-bond acceptors (Lipinski definition) is 9. The molecule has 0 aliphatic carbocycles. The van der Waals surface area contributed by atoms with Crippen molar-refractivity contribution < 1.29 is 38.2 Å². The molecule has 186 valence electrons. The average molecular weight is 486 g/mol. The van der Waals surface area contributed by atoms with Crippen molar-refractivity contribution in [3.63, 3.8) is 0 Å². The minimum Gasteiger partial charge on any atom is -0.493 e. The van der Waals surface area contributed by atoms with Gasteiger partial charge in [-0.25, -0.2) is 0 Å². The molecule has 2 aliphatic rings. The summed E-state index contributed by atoms with van der Waals surface area (Å²) >= 11 is 0. The molecule has 0 bridgehead atoms. The highest BCUT2D eigenvalue weighted by Gasteiger charge is 2.36. The zero-order chi connectivity index (χ0) is 25.1. The van der Waals surface area contributed by atoms with Crippen LogP contribution in [0.15, 0.2) is 24.3 Å². The van der Waals surface area contributed by atoms with Gasteiger partial charge in [-0.1, -0.05) is 0 Å². The van der Waals surface area contributed by atoms with E-state index in [9.17, 15) is 19.7 Å². The lowest BCUT2D eigenvalue weighted by atomic mass is 9.88. The van der Waals surface area contributed by atoms with E-state index < -0.39 is 16.5 Å². The number of carbonyl (C=O) groups excluding carboxylic acids is 2. The van der Waals surface area contributed by atoms with E-state index >= 15 is 0 Å². The van der Waals surface area contributed by atoms with Crippen molar-refractivity contribution >= 4 is 17.4 Å². The van der Waals surface area contributed by atoms with Crippen molar-refractivity contribution in [2.75, 3.05) is 47.6 Å². The molecule has 1 amide bonds. The summed E-state index contributed by atoms with van der Waals surface area (Å²) in [6.07, 6.45) is 0.856. The summed E-state index contributed by atoms with van der Waals surface area (Å²) in [5.74, 6) is 0.281. The molecule has 0 unspecified atom stereocenters. The molecule has 0 aromatic heterocycles. The predicted octanol–water partition coefficient (Wildman–Crippen LogP) is 3.13. The minimum atomic E-state index is -0.674. The number of ether oxygens (including phenoxy) is 5. The second-order valence-corrected chi connectivity index (χ2v) is 8.09. The maximum absolute atomic E-state index is 13.3. The summed E-state index contributed by atoms with van der Waals surface area (Å²) in [6, 6.07) is 6.42. The first-order valence-corrected chi connectivity index (χ1v) is 11.1. The molecular weight excluding hydrogens is 460 g/mol. The fraction of sp³-hybridized carbons (Fsp3) is 0.417. The van der Waals surface area contributed by atoms with Gasteiger partial charge in [-0.3, -0.25) is 19.7 Å². The van der Waals surface area contributed by atoms with Gasteiger partial charge in [0.05, 0.1) is 26.3 Å². The molecule has 11 nitrogen and oxygen atoms in total. The van der Waals surface area contributed by atoms with E-state index in [1.54, 1.807) is 18.2 Å². The van der Waals surface area contributed by atoms with Crippen LogP contribution in [0, 0.1) is 16.0 Å². The lowest BCUT2D eigenvalue weighted by Crippen LogP contribution is -2.40. The van der Waals surface area contributed by atoms with Crippen molar-refractivity contribution in [3.05, 3.63) is 45.5 Å². The van der Waals surface area contributed by atoms with E-state index in [1.165, 1.54) is 32.3 Å². The van der Waals surface area contributed by atoms with Crippen LogP contribution in [0.2, 0.25) is 0 Å². The van der Waals surface area contributed by atoms with Crippen molar-refractivity contribution in [2.24, 2.45) is 5.92 Å². The topological polar surface area (TPSA) is 127 Å². The molecule has 1 fully saturated rings. The summed E-state index contributed by atoms with van der Waals surface area (Å²) in [7, 11) is 3.95. The van der Waals surface area contributed by atoms with Crippen molar-refractivity contribution in [1.29, 1.82) is 0 Å². The molecule has 0 spiro atoms. The van der Waals surface area contributed by atoms with Crippen LogP contribution in [0.5, 0.6) is 28.7 Å². The van der Waals surface area contributed by atoms with E-state index in [4.69, 9.17) is 23.7 Å². The molecule has 4 rings (SSSR count). The number of carbonyl (C=O) groups is 2. The van der Waals surface area contributed by atoms with Crippen molar-refractivity contribution in [2.45, 2.75) is 12.8 Å². The quantitative estimate of drug-likeness (QED) is 0.329. The van der Waals surface area contributed by atoms with Gasteiger partial charge in [-0.05, 0) is 31.0 Å². The Balaban J connectivity index is 1.52. The van der Waals surface area contributed by atoms with E-state index in [2.05, 4.69) is 0 Å². The van der Waals surface area contributed by atoms with Gasteiger partial charge < -0.3 is 28.6 Å².